The Labute approximate surface area is 458 Å². The summed E-state index contributed by atoms with van der Waals surface area (Å²) in [7, 11) is 1.49. The van der Waals surface area contributed by atoms with Gasteiger partial charge in [0.25, 0.3) is 0 Å². The molecule has 14 heteroatoms. The summed E-state index contributed by atoms with van der Waals surface area (Å²) in [5, 5.41) is 10.2. The first-order valence-electron chi connectivity index (χ1n) is 28.2. The fourth-order valence-electron chi connectivity index (χ4n) is 12.4. The summed E-state index contributed by atoms with van der Waals surface area (Å²) >= 11 is 0. The number of rotatable bonds is 20. The Hall–Kier alpha value is -4.00. The van der Waals surface area contributed by atoms with E-state index in [1.807, 2.05) is 24.3 Å². The molecule has 4 aromatic rings. The molecule has 2 aromatic heterocycles. The Bertz CT molecular complexity index is 2390. The van der Waals surface area contributed by atoms with Crippen molar-refractivity contribution in [2.45, 2.75) is 165 Å². The van der Waals surface area contributed by atoms with E-state index in [0.29, 0.717) is 18.4 Å². The number of fused-ring (bicyclic) bond motifs is 2. The van der Waals surface area contributed by atoms with Gasteiger partial charge in [0.05, 0.1) is 19.3 Å². The van der Waals surface area contributed by atoms with Crippen LogP contribution in [0.15, 0.2) is 72.8 Å². The van der Waals surface area contributed by atoms with Gasteiger partial charge < -0.3 is 34.3 Å². The van der Waals surface area contributed by atoms with Crippen LogP contribution in [0.4, 0.5) is 0 Å². The summed E-state index contributed by atoms with van der Waals surface area (Å²) in [5.41, 5.74) is 12.4. The summed E-state index contributed by atoms with van der Waals surface area (Å²) in [4.78, 5) is 39.6. The standard InChI is InChI=1S/C31H42N2O4.C30H40N2O4.Li.H2O/c1-35-31(34)30(28-11-4-3-10-27(28)23-16-20-36-21-17-23)33-18-15-26(22-33)37-19-7-6-9-25-14-13-24-8-2-5-12-29(24)32-25;33-30(34)29(27-10-3-2-9-26(27)22-15-19-35-20-16-22)32-17-14-25(21-32)36-18-6-5-8-24-13-12-23-7-1-4-11-28(23)31-24;;/h3-4,10-11,13-14,23,26,30H,2,5-9,12,15-22H2,1H3;2-3,9-10,12-13,22,25,29H,1,4-8,11,14-21H2,(H,33,34);;1H2/q;;+1;/p-1/t26-,30?;25-,29?;;/m11../s1. The van der Waals surface area contributed by atoms with E-state index >= 15 is 0 Å². The molecule has 75 heavy (non-hydrogen) atoms. The Morgan fingerprint density at radius 1 is 0.600 bits per heavy atom. The topological polar surface area (TPSA) is 163 Å². The number of aryl methyl sites for hydroxylation is 6. The summed E-state index contributed by atoms with van der Waals surface area (Å²) in [5.74, 6) is -0.155. The van der Waals surface area contributed by atoms with Crippen LogP contribution in [0.1, 0.15) is 170 Å². The molecule has 2 aliphatic carbocycles. The molecule has 2 aromatic carbocycles. The number of methoxy groups -OCH3 is 1. The van der Waals surface area contributed by atoms with E-state index in [-0.39, 0.29) is 48.6 Å². The van der Waals surface area contributed by atoms with Crippen molar-refractivity contribution in [3.8, 4) is 0 Å². The fourth-order valence-corrected chi connectivity index (χ4v) is 12.4. The second kappa shape index (κ2) is 30.2. The Morgan fingerprint density at radius 2 is 1.04 bits per heavy atom. The van der Waals surface area contributed by atoms with E-state index in [1.54, 1.807) is 0 Å². The van der Waals surface area contributed by atoms with Gasteiger partial charge in [0.15, 0.2) is 0 Å². The van der Waals surface area contributed by atoms with Crippen LogP contribution in [0.3, 0.4) is 0 Å². The number of likely N-dealkylation sites (tertiary alicyclic amines) is 2. The summed E-state index contributed by atoms with van der Waals surface area (Å²) in [6, 6.07) is 24.5. The zero-order valence-electron chi connectivity index (χ0n) is 45.1. The number of hydrogen-bond donors (Lipinski definition) is 1. The molecule has 2 unspecified atom stereocenters. The summed E-state index contributed by atoms with van der Waals surface area (Å²) in [6.07, 6.45) is 21.9. The van der Waals surface area contributed by atoms with Gasteiger partial charge in [0, 0.05) is 88.6 Å². The van der Waals surface area contributed by atoms with Gasteiger partial charge >= 0.3 is 30.8 Å². The third-order valence-corrected chi connectivity index (χ3v) is 16.5. The van der Waals surface area contributed by atoms with Crippen LogP contribution in [-0.4, -0.2) is 127 Å². The zero-order chi connectivity index (χ0) is 50.2. The van der Waals surface area contributed by atoms with Crippen LogP contribution in [0.2, 0.25) is 0 Å². The number of benzene rings is 2. The van der Waals surface area contributed by atoms with Gasteiger partial charge in [-0.2, -0.15) is 0 Å². The molecule has 0 saturated carbocycles. The average Bonchev–Trinajstić information content (AvgIpc) is 4.11. The normalized spacial score (nSPS) is 21.1. The number of aromatic nitrogens is 2. The van der Waals surface area contributed by atoms with Gasteiger partial charge in [0.2, 0.25) is 0 Å². The van der Waals surface area contributed by atoms with Gasteiger partial charge in [-0.25, -0.2) is 4.79 Å². The second-order valence-electron chi connectivity index (χ2n) is 21.4. The second-order valence-corrected chi connectivity index (χ2v) is 21.4. The van der Waals surface area contributed by atoms with Gasteiger partial charge in [0.1, 0.15) is 12.1 Å². The maximum absolute atomic E-state index is 13.0. The van der Waals surface area contributed by atoms with E-state index in [1.165, 1.54) is 90.7 Å². The fraction of sp³-hybridized carbons (Fsp3) is 0.607. The average molecular weight is 1020 g/mol. The van der Waals surface area contributed by atoms with Crippen molar-refractivity contribution in [3.63, 3.8) is 0 Å². The number of aliphatic carboxylic acids is 1. The molecule has 6 heterocycles. The van der Waals surface area contributed by atoms with Crippen LogP contribution in [0, 0.1) is 0 Å². The molecular weight excluding hydrogens is 940 g/mol. The predicted octanol–water partition coefficient (Wildman–Crippen LogP) is 7.10. The number of nitrogens with zero attached hydrogens (tertiary/aromatic N) is 4. The number of pyridine rings is 2. The van der Waals surface area contributed by atoms with Crippen LogP contribution in [-0.2, 0) is 71.8 Å². The predicted molar refractivity (Wildman–Crippen MR) is 285 cm³/mol. The number of carbonyl (C=O) groups excluding carboxylic acids is 1. The molecule has 4 aliphatic heterocycles. The number of carboxylic acid groups (broad SMARTS) is 1. The molecule has 0 amide bonds. The first-order chi connectivity index (χ1) is 35.9. The number of carboxylic acids is 1. The molecule has 4 saturated heterocycles. The summed E-state index contributed by atoms with van der Waals surface area (Å²) in [6.45, 7) is 7.56. The van der Waals surface area contributed by atoms with E-state index in [2.05, 4.69) is 58.3 Å². The smallest absolute Gasteiger partial charge is 0.870 e. The molecule has 402 valence electrons. The van der Waals surface area contributed by atoms with Crippen molar-refractivity contribution in [1.29, 1.82) is 0 Å². The number of ether oxygens (including phenoxy) is 5. The van der Waals surface area contributed by atoms with E-state index < -0.39 is 12.0 Å². The third-order valence-electron chi connectivity index (χ3n) is 16.5. The molecule has 10 rings (SSSR count). The van der Waals surface area contributed by atoms with Crippen LogP contribution in [0.5, 0.6) is 0 Å². The molecule has 4 fully saturated rings. The molecule has 6 aliphatic rings. The Morgan fingerprint density at radius 3 is 1.51 bits per heavy atom. The van der Waals surface area contributed by atoms with Crippen molar-refractivity contribution < 1.29 is 62.7 Å². The van der Waals surface area contributed by atoms with E-state index in [0.717, 1.165) is 160 Å². The maximum atomic E-state index is 13.0. The van der Waals surface area contributed by atoms with Gasteiger partial charge in [-0.15, -0.1) is 0 Å². The number of carbonyl (C=O) groups is 2. The van der Waals surface area contributed by atoms with Crippen LogP contribution in [0.25, 0.3) is 0 Å². The quantitative estimate of drug-likeness (QED) is 0.0543. The molecule has 0 radical (unpaired) electrons. The summed E-state index contributed by atoms with van der Waals surface area (Å²) < 4.78 is 28.9. The van der Waals surface area contributed by atoms with Crippen molar-refractivity contribution >= 4 is 11.9 Å². The number of esters is 1. The van der Waals surface area contributed by atoms with Crippen LogP contribution >= 0.6 is 0 Å². The van der Waals surface area contributed by atoms with E-state index in [9.17, 15) is 14.7 Å². The molecule has 13 nitrogen and oxygen atoms in total. The van der Waals surface area contributed by atoms with Crippen molar-refractivity contribution in [2.24, 2.45) is 0 Å². The number of unbranched alkanes of at least 4 members (excludes halogenated alkanes) is 2. The first kappa shape index (κ1) is 58.7. The molecule has 4 atom stereocenters. The first-order valence-corrected chi connectivity index (χ1v) is 28.2. The van der Waals surface area contributed by atoms with Crippen molar-refractivity contribution in [1.82, 2.24) is 19.8 Å². The molecule has 0 bridgehead atoms. The van der Waals surface area contributed by atoms with Gasteiger partial charge in [-0.3, -0.25) is 24.6 Å². The SMILES string of the molecule is COC(=O)C(c1ccccc1C1CCOCC1)N1CC[C@@H](OCCCCc2ccc3c(n2)CCCC3)C1.O=C(O)C(c1ccccc1C1CCOCC1)N1CC[C@@H](OCCCCc2ccc3c(n2)CCCC3)C1.[Li+].[OH-]. The monoisotopic (exact) mass is 1020 g/mol. The minimum atomic E-state index is -0.771. The maximum Gasteiger partial charge on any atom is 1.00 e. The van der Waals surface area contributed by atoms with Crippen LogP contribution < -0.4 is 18.9 Å². The molecular formula is C61H83LiN4O9. The van der Waals surface area contributed by atoms with E-state index in [4.69, 9.17) is 33.7 Å². The Kier molecular flexibility index (Phi) is 23.6. The van der Waals surface area contributed by atoms with Crippen molar-refractivity contribution in [3.05, 3.63) is 129 Å². The molecule has 2 N–H and O–H groups in total. The zero-order valence-corrected chi connectivity index (χ0v) is 45.1. The largest absolute Gasteiger partial charge is 1.00 e. The van der Waals surface area contributed by atoms with Crippen molar-refractivity contribution in [2.75, 3.05) is 72.9 Å². The number of hydrogen-bond acceptors (Lipinski definition) is 12. The Balaban J connectivity index is 0.000000213. The molecule has 0 spiro atoms. The minimum absolute atomic E-state index is 0. The third kappa shape index (κ3) is 16.1. The minimum Gasteiger partial charge on any atom is -0.870 e. The van der Waals surface area contributed by atoms with Gasteiger partial charge in [-0.05, 0) is 186 Å². The van der Waals surface area contributed by atoms with Gasteiger partial charge in [-0.1, -0.05) is 60.7 Å².